The van der Waals surface area contributed by atoms with Gasteiger partial charge in [-0.05, 0) is 39.7 Å². The number of quaternary nitrogens is 1. The van der Waals surface area contributed by atoms with Crippen LogP contribution >= 0.6 is 0 Å². The van der Waals surface area contributed by atoms with Crippen molar-refractivity contribution in [3.05, 3.63) is 65.7 Å². The third-order valence-electron chi connectivity index (χ3n) is 5.98. The first kappa shape index (κ1) is 19.9. The summed E-state index contributed by atoms with van der Waals surface area (Å²) in [5, 5.41) is 2.47. The lowest BCUT2D eigenvalue weighted by atomic mass is 9.67. The molecule has 2 N–H and O–H groups in total. The van der Waals surface area contributed by atoms with Gasteiger partial charge in [0.05, 0.1) is 19.3 Å². The van der Waals surface area contributed by atoms with Crippen LogP contribution < -0.4 is 10.1 Å². The summed E-state index contributed by atoms with van der Waals surface area (Å²) in [5.74, 6) is 1.01. The van der Waals surface area contributed by atoms with Crippen LogP contribution in [0.15, 0.2) is 54.6 Å². The fourth-order valence-corrected chi connectivity index (χ4v) is 4.64. The van der Waals surface area contributed by atoms with Crippen LogP contribution in [0.1, 0.15) is 57.2 Å². The number of ether oxygens (including phenoxy) is 2. The highest BCUT2D eigenvalue weighted by Crippen LogP contribution is 2.46. The highest BCUT2D eigenvalue weighted by atomic mass is 16.5. The Kier molecular flexibility index (Phi) is 6.23. The summed E-state index contributed by atoms with van der Waals surface area (Å²) in [6, 6.07) is 19.8. The fourth-order valence-electron chi connectivity index (χ4n) is 4.64. The molecule has 1 fully saturated rings. The minimum atomic E-state index is -0.107. The Morgan fingerprint density at radius 1 is 1.07 bits per heavy atom. The van der Waals surface area contributed by atoms with Gasteiger partial charge in [0, 0.05) is 29.6 Å². The van der Waals surface area contributed by atoms with Gasteiger partial charge in [-0.15, -0.1) is 0 Å². The first-order valence-electron chi connectivity index (χ1n) is 10.1. The molecule has 1 aliphatic rings. The van der Waals surface area contributed by atoms with Gasteiger partial charge in [0.25, 0.3) is 0 Å². The number of hydrogen-bond acceptors (Lipinski definition) is 2. The highest BCUT2D eigenvalue weighted by Gasteiger charge is 2.43. The van der Waals surface area contributed by atoms with Crippen molar-refractivity contribution < 1.29 is 14.8 Å². The molecule has 146 valence electrons. The molecule has 0 aliphatic carbocycles. The maximum Gasteiger partial charge on any atom is 0.122 e. The van der Waals surface area contributed by atoms with Crippen LogP contribution in [0.5, 0.6) is 5.75 Å². The van der Waals surface area contributed by atoms with Gasteiger partial charge in [-0.1, -0.05) is 48.5 Å². The molecule has 0 radical (unpaired) electrons. The first-order valence-corrected chi connectivity index (χ1v) is 10.1. The maximum absolute atomic E-state index is 6.06. The quantitative estimate of drug-likeness (QED) is 0.793. The number of nitrogens with two attached hydrogens (primary N) is 1. The average Bonchev–Trinajstić information content (AvgIpc) is 2.67. The molecular weight excluding hydrogens is 334 g/mol. The third-order valence-corrected chi connectivity index (χ3v) is 5.98. The van der Waals surface area contributed by atoms with Crippen molar-refractivity contribution >= 4 is 0 Å². The van der Waals surface area contributed by atoms with Crippen LogP contribution in [0.25, 0.3) is 0 Å². The Balaban J connectivity index is 1.79. The average molecular weight is 369 g/mol. The van der Waals surface area contributed by atoms with Crippen molar-refractivity contribution in [1.29, 1.82) is 0 Å². The van der Waals surface area contributed by atoms with Crippen LogP contribution in [0, 0.1) is 0 Å². The molecule has 1 saturated heterocycles. The topological polar surface area (TPSA) is 35.1 Å². The summed E-state index contributed by atoms with van der Waals surface area (Å²) < 4.78 is 11.8. The van der Waals surface area contributed by atoms with Crippen molar-refractivity contribution in [1.82, 2.24) is 0 Å². The zero-order valence-corrected chi connectivity index (χ0v) is 17.2. The Bertz CT molecular complexity index is 728. The maximum atomic E-state index is 6.06. The monoisotopic (exact) mass is 368 g/mol. The predicted molar refractivity (Wildman–Crippen MR) is 110 cm³/mol. The van der Waals surface area contributed by atoms with Gasteiger partial charge >= 0.3 is 0 Å². The molecule has 0 unspecified atom stereocenters. The van der Waals surface area contributed by atoms with E-state index in [0.29, 0.717) is 6.04 Å². The van der Waals surface area contributed by atoms with E-state index in [2.05, 4.69) is 80.7 Å². The zero-order chi connectivity index (χ0) is 19.3. The summed E-state index contributed by atoms with van der Waals surface area (Å²) in [6.07, 6.45) is 3.19. The molecular formula is C24H34NO2+. The molecule has 27 heavy (non-hydrogen) atoms. The molecule has 0 saturated carbocycles. The van der Waals surface area contributed by atoms with E-state index in [1.807, 2.05) is 0 Å². The molecule has 0 bridgehead atoms. The van der Waals surface area contributed by atoms with E-state index in [9.17, 15) is 0 Å². The number of benzene rings is 2. The predicted octanol–water partition coefficient (Wildman–Crippen LogP) is 4.24. The van der Waals surface area contributed by atoms with Crippen molar-refractivity contribution in [3.8, 4) is 5.75 Å². The van der Waals surface area contributed by atoms with E-state index in [1.165, 1.54) is 11.1 Å². The van der Waals surface area contributed by atoms with E-state index >= 15 is 0 Å². The van der Waals surface area contributed by atoms with E-state index in [1.54, 1.807) is 7.11 Å². The third kappa shape index (κ3) is 4.72. The molecule has 3 heteroatoms. The SMILES string of the molecule is COc1ccccc1[C@@]1(CC[NH2+][C@@H](C)c2ccccc2)CCOC(C)(C)C1. The lowest BCUT2D eigenvalue weighted by Gasteiger charge is -2.45. The van der Waals surface area contributed by atoms with Crippen LogP contribution in [-0.2, 0) is 10.2 Å². The van der Waals surface area contributed by atoms with E-state index < -0.39 is 0 Å². The van der Waals surface area contributed by atoms with E-state index in [-0.39, 0.29) is 11.0 Å². The number of hydrogen-bond donors (Lipinski definition) is 1. The molecule has 2 atom stereocenters. The number of rotatable bonds is 7. The Morgan fingerprint density at radius 2 is 1.78 bits per heavy atom. The summed E-state index contributed by atoms with van der Waals surface area (Å²) in [6.45, 7) is 8.61. The van der Waals surface area contributed by atoms with Crippen LogP contribution in [0.3, 0.4) is 0 Å². The van der Waals surface area contributed by atoms with Gasteiger partial charge < -0.3 is 14.8 Å². The van der Waals surface area contributed by atoms with Gasteiger partial charge in [-0.3, -0.25) is 0 Å². The Hall–Kier alpha value is -1.84. The van der Waals surface area contributed by atoms with Crippen LogP contribution in [0.4, 0.5) is 0 Å². The van der Waals surface area contributed by atoms with Gasteiger partial charge in [-0.2, -0.15) is 0 Å². The minimum Gasteiger partial charge on any atom is -0.496 e. The van der Waals surface area contributed by atoms with Gasteiger partial charge in [0.15, 0.2) is 0 Å². The number of methoxy groups -OCH3 is 1. The van der Waals surface area contributed by atoms with Crippen LogP contribution in [0.2, 0.25) is 0 Å². The molecule has 3 rings (SSSR count). The number of para-hydroxylation sites is 1. The second-order valence-electron chi connectivity index (χ2n) is 8.49. The summed E-state index contributed by atoms with van der Waals surface area (Å²) in [5.41, 5.74) is 2.71. The molecule has 1 heterocycles. The second kappa shape index (κ2) is 8.45. The Morgan fingerprint density at radius 3 is 2.48 bits per heavy atom. The van der Waals surface area contributed by atoms with E-state index in [4.69, 9.17) is 9.47 Å². The normalized spacial score (nSPS) is 23.0. The second-order valence-corrected chi connectivity index (χ2v) is 8.49. The Labute approximate surface area is 164 Å². The fraction of sp³-hybridized carbons (Fsp3) is 0.500. The molecule has 3 nitrogen and oxygen atoms in total. The van der Waals surface area contributed by atoms with Crippen molar-refractivity contribution in [2.24, 2.45) is 0 Å². The molecule has 1 aliphatic heterocycles. The lowest BCUT2D eigenvalue weighted by molar-refractivity contribution is -0.693. The van der Waals surface area contributed by atoms with Crippen molar-refractivity contribution in [3.63, 3.8) is 0 Å². The first-order chi connectivity index (χ1) is 13.0. The molecule has 0 spiro atoms. The lowest BCUT2D eigenvalue weighted by Crippen LogP contribution is -2.85. The van der Waals surface area contributed by atoms with Gasteiger partial charge in [-0.25, -0.2) is 0 Å². The molecule has 2 aromatic carbocycles. The minimum absolute atomic E-state index is 0.0985. The highest BCUT2D eigenvalue weighted by molar-refractivity contribution is 5.40. The molecule has 2 aromatic rings. The largest absolute Gasteiger partial charge is 0.496 e. The van der Waals surface area contributed by atoms with E-state index in [0.717, 1.165) is 38.2 Å². The summed E-state index contributed by atoms with van der Waals surface area (Å²) in [7, 11) is 1.78. The summed E-state index contributed by atoms with van der Waals surface area (Å²) >= 11 is 0. The van der Waals surface area contributed by atoms with Gasteiger partial charge in [0.2, 0.25) is 0 Å². The smallest absolute Gasteiger partial charge is 0.122 e. The summed E-state index contributed by atoms with van der Waals surface area (Å²) in [4.78, 5) is 0. The van der Waals surface area contributed by atoms with Crippen molar-refractivity contribution in [2.75, 3.05) is 20.3 Å². The molecule has 0 amide bonds. The zero-order valence-electron chi connectivity index (χ0n) is 17.2. The van der Waals surface area contributed by atoms with Crippen molar-refractivity contribution in [2.45, 2.75) is 57.1 Å². The van der Waals surface area contributed by atoms with Gasteiger partial charge in [0.1, 0.15) is 11.8 Å². The molecule has 0 aromatic heterocycles. The van der Waals surface area contributed by atoms with Crippen LogP contribution in [-0.4, -0.2) is 25.9 Å². The standard InChI is InChI=1S/C24H33NO2/c1-19(20-10-6-5-7-11-20)25-16-14-24(15-17-27-23(2,3)18-24)21-12-8-9-13-22(21)26-4/h5-13,19,25H,14-18H2,1-4H3/p+1/t19-,24-/m0/s1.